The molecule has 2 aromatic heterocycles. The second kappa shape index (κ2) is 11.2. The molecule has 8 nitrogen and oxygen atoms in total. The highest BCUT2D eigenvalue weighted by Gasteiger charge is 2.39. The molecule has 2 saturated carbocycles. The summed E-state index contributed by atoms with van der Waals surface area (Å²) in [5.41, 5.74) is 1.33. The minimum Gasteiger partial charge on any atom is -0.447 e. The van der Waals surface area contributed by atoms with Crippen molar-refractivity contribution in [3.63, 3.8) is 0 Å². The van der Waals surface area contributed by atoms with Gasteiger partial charge in [-0.05, 0) is 76.6 Å². The molecule has 0 unspecified atom stereocenters. The van der Waals surface area contributed by atoms with E-state index in [1.165, 1.54) is 0 Å². The van der Waals surface area contributed by atoms with Crippen LogP contribution in [0.5, 0.6) is 0 Å². The normalized spacial score (nSPS) is 19.8. The Labute approximate surface area is 232 Å². The molecule has 0 aliphatic heterocycles. The van der Waals surface area contributed by atoms with Gasteiger partial charge in [0.05, 0.1) is 31.2 Å². The lowest BCUT2D eigenvalue weighted by Gasteiger charge is -2.28. The number of anilines is 2. The number of nitrogens with zero attached hydrogens (tertiary/aromatic N) is 2. The van der Waals surface area contributed by atoms with Gasteiger partial charge in [-0.1, -0.05) is 17.7 Å². The van der Waals surface area contributed by atoms with Crippen LogP contribution >= 0.6 is 22.9 Å². The lowest BCUT2D eigenvalue weighted by atomic mass is 9.86. The van der Waals surface area contributed by atoms with Crippen molar-refractivity contribution in [1.29, 1.82) is 0 Å². The van der Waals surface area contributed by atoms with Crippen LogP contribution in [0.3, 0.4) is 0 Å². The summed E-state index contributed by atoms with van der Waals surface area (Å²) in [6, 6.07) is 9.00. The Balaban J connectivity index is 1.33. The van der Waals surface area contributed by atoms with Crippen molar-refractivity contribution in [1.82, 2.24) is 15.3 Å². The first kappa shape index (κ1) is 26.9. The van der Waals surface area contributed by atoms with Crippen molar-refractivity contribution >= 4 is 50.4 Å². The van der Waals surface area contributed by atoms with E-state index >= 15 is 0 Å². The van der Waals surface area contributed by atoms with Crippen LogP contribution in [0.25, 0.3) is 10.4 Å². The second-order valence-corrected chi connectivity index (χ2v) is 13.8. The highest BCUT2D eigenvalue weighted by Crippen LogP contribution is 2.43. The van der Waals surface area contributed by atoms with Crippen molar-refractivity contribution in [2.45, 2.75) is 80.6 Å². The summed E-state index contributed by atoms with van der Waals surface area (Å²) in [5, 5.41) is 7.34. The quantitative estimate of drug-likeness (QED) is 0.308. The summed E-state index contributed by atoms with van der Waals surface area (Å²) in [4.78, 5) is 22.0. The standard InChI is InChI=1S/C27H31ClN4O4S2/c1-16(2)36-27(33)32-19-6-3-17(4-7-19)26-30-15-23(37-26)22-11-8-20(31-25-12-5-18(28)14-29-25)13-24(22)38(34,35)21-9-10-21/h5,8,11-17,19,21H,3-4,6-7,9-10H2,1-2H3,(H,29,31)(H,32,33). The molecule has 11 heteroatoms. The molecule has 2 fully saturated rings. The van der Waals surface area contributed by atoms with E-state index in [4.69, 9.17) is 21.3 Å². The largest absolute Gasteiger partial charge is 0.447 e. The van der Waals surface area contributed by atoms with Gasteiger partial charge in [-0.15, -0.1) is 11.3 Å². The number of aromatic nitrogens is 2. The van der Waals surface area contributed by atoms with Crippen molar-refractivity contribution < 1.29 is 17.9 Å². The maximum absolute atomic E-state index is 13.4. The molecule has 0 bridgehead atoms. The van der Waals surface area contributed by atoms with Crippen LogP contribution in [0.4, 0.5) is 16.3 Å². The molecule has 0 spiro atoms. The molecule has 2 aliphatic rings. The van der Waals surface area contributed by atoms with Gasteiger partial charge in [-0.3, -0.25) is 0 Å². The Bertz CT molecular complexity index is 1400. The number of hydrogen-bond acceptors (Lipinski definition) is 8. The fourth-order valence-corrected chi connectivity index (χ4v) is 7.89. The number of nitrogens with one attached hydrogen (secondary N) is 2. The molecule has 202 valence electrons. The monoisotopic (exact) mass is 574 g/mol. The number of sulfone groups is 1. The molecule has 0 saturated heterocycles. The fourth-order valence-electron chi connectivity index (χ4n) is 4.69. The molecule has 38 heavy (non-hydrogen) atoms. The van der Waals surface area contributed by atoms with E-state index in [-0.39, 0.29) is 29.4 Å². The number of carbonyl (C=O) groups is 1. The zero-order valence-corrected chi connectivity index (χ0v) is 23.7. The summed E-state index contributed by atoms with van der Waals surface area (Å²) in [7, 11) is -3.46. The molecule has 2 N–H and O–H groups in total. The van der Waals surface area contributed by atoms with Gasteiger partial charge in [-0.25, -0.2) is 23.2 Å². The van der Waals surface area contributed by atoms with E-state index in [0.29, 0.717) is 39.8 Å². The number of hydrogen-bond donors (Lipinski definition) is 2. The lowest BCUT2D eigenvalue weighted by Crippen LogP contribution is -2.38. The first-order valence-electron chi connectivity index (χ1n) is 12.9. The maximum atomic E-state index is 13.4. The minimum absolute atomic E-state index is 0.0994. The SMILES string of the molecule is CC(C)OC(=O)NC1CCC(c2ncc(-c3ccc(Nc4ccc(Cl)cn4)cc3S(=O)(=O)C3CC3)s2)CC1. The average Bonchev–Trinajstić information content (AvgIpc) is 3.64. The Kier molecular flexibility index (Phi) is 7.93. The van der Waals surface area contributed by atoms with E-state index in [1.54, 1.807) is 41.9 Å². The van der Waals surface area contributed by atoms with Crippen LogP contribution in [0, 0.1) is 0 Å². The van der Waals surface area contributed by atoms with Crippen LogP contribution < -0.4 is 10.6 Å². The summed E-state index contributed by atoms with van der Waals surface area (Å²) in [6.07, 6.45) is 7.72. The third-order valence-electron chi connectivity index (χ3n) is 6.78. The lowest BCUT2D eigenvalue weighted by molar-refractivity contribution is 0.109. The summed E-state index contributed by atoms with van der Waals surface area (Å²) < 4.78 is 32.0. The van der Waals surface area contributed by atoms with Crippen molar-refractivity contribution in [3.05, 3.63) is 52.8 Å². The minimum atomic E-state index is -3.46. The van der Waals surface area contributed by atoms with Crippen molar-refractivity contribution in [2.24, 2.45) is 0 Å². The van der Waals surface area contributed by atoms with Crippen LogP contribution in [0.2, 0.25) is 5.02 Å². The molecule has 0 radical (unpaired) electrons. The Morgan fingerprint density at radius 1 is 1.05 bits per heavy atom. The van der Waals surface area contributed by atoms with Crippen molar-refractivity contribution in [2.75, 3.05) is 5.32 Å². The summed E-state index contributed by atoms with van der Waals surface area (Å²) >= 11 is 7.49. The van der Waals surface area contributed by atoms with Crippen molar-refractivity contribution in [3.8, 4) is 10.4 Å². The number of pyridine rings is 1. The molecule has 5 rings (SSSR count). The summed E-state index contributed by atoms with van der Waals surface area (Å²) in [5.74, 6) is 0.868. The van der Waals surface area contributed by atoms with E-state index in [1.807, 2.05) is 26.0 Å². The van der Waals surface area contributed by atoms with Crippen LogP contribution in [0.1, 0.15) is 63.3 Å². The number of amides is 1. The van der Waals surface area contributed by atoms with Gasteiger partial charge in [0.2, 0.25) is 0 Å². The van der Waals surface area contributed by atoms with Crippen LogP contribution in [-0.4, -0.2) is 41.9 Å². The van der Waals surface area contributed by atoms with E-state index in [0.717, 1.165) is 35.6 Å². The number of rotatable bonds is 8. The highest BCUT2D eigenvalue weighted by molar-refractivity contribution is 7.92. The van der Waals surface area contributed by atoms with Gasteiger partial charge in [0.1, 0.15) is 5.82 Å². The molecule has 3 aromatic rings. The van der Waals surface area contributed by atoms with E-state index < -0.39 is 9.84 Å². The van der Waals surface area contributed by atoms with E-state index in [9.17, 15) is 13.2 Å². The zero-order valence-electron chi connectivity index (χ0n) is 21.3. The Hall–Kier alpha value is -2.69. The molecule has 2 aliphatic carbocycles. The maximum Gasteiger partial charge on any atom is 0.407 e. The van der Waals surface area contributed by atoms with Gasteiger partial charge in [0.15, 0.2) is 9.84 Å². The molecular weight excluding hydrogens is 544 g/mol. The average molecular weight is 575 g/mol. The molecule has 2 heterocycles. The number of halogens is 1. The molecular formula is C27H31ClN4O4S2. The third kappa shape index (κ3) is 6.30. The molecule has 1 amide bonds. The van der Waals surface area contributed by atoms with Gasteiger partial charge in [-0.2, -0.15) is 0 Å². The van der Waals surface area contributed by atoms with Gasteiger partial charge in [0, 0.05) is 35.6 Å². The van der Waals surface area contributed by atoms with Crippen LogP contribution in [-0.2, 0) is 14.6 Å². The first-order valence-corrected chi connectivity index (χ1v) is 15.6. The van der Waals surface area contributed by atoms with Crippen LogP contribution in [0.15, 0.2) is 47.6 Å². The predicted molar refractivity (Wildman–Crippen MR) is 150 cm³/mol. The second-order valence-electron chi connectivity index (χ2n) is 10.2. The number of thiazole rings is 1. The third-order valence-corrected chi connectivity index (χ3v) is 10.5. The fraction of sp³-hybridized carbons (Fsp3) is 0.444. The predicted octanol–water partition coefficient (Wildman–Crippen LogP) is 6.70. The number of benzene rings is 1. The summed E-state index contributed by atoms with van der Waals surface area (Å²) in [6.45, 7) is 3.66. The zero-order chi connectivity index (χ0) is 26.9. The molecule has 0 atom stereocenters. The number of ether oxygens (including phenoxy) is 1. The Morgan fingerprint density at radius 3 is 2.47 bits per heavy atom. The van der Waals surface area contributed by atoms with Gasteiger partial charge >= 0.3 is 6.09 Å². The van der Waals surface area contributed by atoms with E-state index in [2.05, 4.69) is 15.6 Å². The molecule has 1 aromatic carbocycles. The van der Waals surface area contributed by atoms with Gasteiger partial charge < -0.3 is 15.4 Å². The first-order chi connectivity index (χ1) is 18.2. The number of alkyl carbamates (subject to hydrolysis) is 1. The Morgan fingerprint density at radius 2 is 1.82 bits per heavy atom. The topological polar surface area (TPSA) is 110 Å². The van der Waals surface area contributed by atoms with Gasteiger partial charge in [0.25, 0.3) is 0 Å². The number of carbonyl (C=O) groups excluding carboxylic acids is 1. The smallest absolute Gasteiger partial charge is 0.407 e. The highest BCUT2D eigenvalue weighted by atomic mass is 35.5.